The Balaban J connectivity index is 1.90. The number of aliphatic hydroxyl groups excluding tert-OH is 1. The van der Waals surface area contributed by atoms with Gasteiger partial charge in [0.05, 0.1) is 29.7 Å². The van der Waals surface area contributed by atoms with Crippen molar-refractivity contribution in [2.24, 2.45) is 7.05 Å². The van der Waals surface area contributed by atoms with E-state index in [2.05, 4.69) is 41.0 Å². The topological polar surface area (TPSA) is 133 Å². The summed E-state index contributed by atoms with van der Waals surface area (Å²) in [6, 6.07) is -1.39. The first-order valence-corrected chi connectivity index (χ1v) is 8.77. The lowest BCUT2D eigenvalue weighted by Crippen LogP contribution is -2.06. The van der Waals surface area contributed by atoms with E-state index in [4.69, 9.17) is 5.48 Å². The summed E-state index contributed by atoms with van der Waals surface area (Å²) in [5.41, 5.74) is 0.0445. The van der Waals surface area contributed by atoms with E-state index < -0.39 is 12.1 Å². The minimum Gasteiger partial charge on any atom is -0.394 e. The monoisotopic (exact) mass is 392 g/mol. The van der Waals surface area contributed by atoms with Crippen LogP contribution in [0.25, 0.3) is 11.0 Å². The Morgan fingerprint density at radius 3 is 2.23 bits per heavy atom. The third kappa shape index (κ3) is 3.36. The van der Waals surface area contributed by atoms with E-state index in [1.165, 1.54) is 9.36 Å². The fourth-order valence-electron chi connectivity index (χ4n) is 1.88. The lowest BCUT2D eigenvalue weighted by atomic mass is 10.3. The number of rotatable bonds is 6. The molecular weight excluding hydrogens is 376 g/mol. The number of aromatic nitrogens is 10. The van der Waals surface area contributed by atoms with Gasteiger partial charge in [0.1, 0.15) is 10.1 Å². The SMILES string of the molecule is [2H]c1c([2H])c([2H])c2nc(Sc3nnnn3CCO)c(Sc3nnnn3C)nc2c1[2H]. The second-order valence-corrected chi connectivity index (χ2v) is 6.64. The first-order valence-electron chi connectivity index (χ1n) is 9.14. The van der Waals surface area contributed by atoms with Gasteiger partial charge >= 0.3 is 0 Å². The Kier molecular flexibility index (Phi) is 3.56. The summed E-state index contributed by atoms with van der Waals surface area (Å²) in [6.45, 7) is 0.00737. The highest BCUT2D eigenvalue weighted by Gasteiger charge is 2.18. The van der Waals surface area contributed by atoms with Gasteiger partial charge in [0, 0.05) is 7.05 Å². The van der Waals surface area contributed by atoms with Crippen LogP contribution >= 0.6 is 23.5 Å². The van der Waals surface area contributed by atoms with E-state index in [0.717, 1.165) is 23.5 Å². The standard InChI is InChI=1S/C13H12N10OS2/c1-22-12(16-18-20-22)25-10-11(15-9-5-3-2-4-8(9)14-10)26-13-17-19-21-23(13)6-7-24/h2-5,24H,6-7H2,1H3/i2D,3D,4D,5D. The molecule has 13 heteroatoms. The molecule has 0 amide bonds. The van der Waals surface area contributed by atoms with Crippen LogP contribution in [0.1, 0.15) is 5.48 Å². The molecule has 0 saturated heterocycles. The molecule has 11 nitrogen and oxygen atoms in total. The molecule has 0 aliphatic carbocycles. The van der Waals surface area contributed by atoms with Crippen LogP contribution in [0.2, 0.25) is 0 Å². The van der Waals surface area contributed by atoms with Crippen molar-refractivity contribution in [3.05, 3.63) is 24.2 Å². The van der Waals surface area contributed by atoms with E-state index in [9.17, 15) is 5.11 Å². The second-order valence-electron chi connectivity index (χ2n) is 4.73. The summed E-state index contributed by atoms with van der Waals surface area (Å²) in [4.78, 5) is 8.89. The maximum atomic E-state index is 9.18. The Morgan fingerprint density at radius 1 is 1.00 bits per heavy atom. The van der Waals surface area contributed by atoms with Crippen LogP contribution in [0.4, 0.5) is 0 Å². The van der Waals surface area contributed by atoms with Crippen molar-refractivity contribution < 1.29 is 10.6 Å². The number of tetrazole rings is 2. The van der Waals surface area contributed by atoms with E-state index >= 15 is 0 Å². The molecule has 0 spiro atoms. The fraction of sp³-hybridized carbons (Fsp3) is 0.231. The number of benzene rings is 1. The highest BCUT2D eigenvalue weighted by Crippen LogP contribution is 2.35. The number of aliphatic hydroxyl groups is 1. The molecule has 0 fully saturated rings. The third-order valence-corrected chi connectivity index (χ3v) is 5.11. The largest absolute Gasteiger partial charge is 0.394 e. The van der Waals surface area contributed by atoms with Gasteiger partial charge < -0.3 is 5.11 Å². The van der Waals surface area contributed by atoms with Gasteiger partial charge in [-0.3, -0.25) is 0 Å². The Morgan fingerprint density at radius 2 is 1.62 bits per heavy atom. The zero-order valence-electron chi connectivity index (χ0n) is 17.2. The molecule has 132 valence electrons. The number of fused-ring (bicyclic) bond motifs is 1. The normalized spacial score (nSPS) is 13.5. The molecule has 4 aromatic rings. The first kappa shape index (κ1) is 12.7. The minimum atomic E-state index is -0.402. The molecule has 4 rings (SSSR count). The van der Waals surface area contributed by atoms with Crippen molar-refractivity contribution >= 4 is 34.6 Å². The summed E-state index contributed by atoms with van der Waals surface area (Å²) in [6.07, 6.45) is 0. The van der Waals surface area contributed by atoms with Gasteiger partial charge in [0.2, 0.25) is 10.3 Å². The van der Waals surface area contributed by atoms with Crippen LogP contribution in [-0.4, -0.2) is 62.1 Å². The van der Waals surface area contributed by atoms with Crippen LogP contribution in [0, 0.1) is 0 Å². The Labute approximate surface area is 160 Å². The number of aryl methyl sites for hydroxylation is 1. The predicted octanol–water partition coefficient (Wildman–Crippen LogP) is 0.434. The molecule has 0 aliphatic rings. The minimum absolute atomic E-state index is 0.0186. The van der Waals surface area contributed by atoms with Gasteiger partial charge in [-0.15, -0.1) is 10.2 Å². The van der Waals surface area contributed by atoms with Crippen molar-refractivity contribution in [1.29, 1.82) is 0 Å². The van der Waals surface area contributed by atoms with E-state index in [1.807, 2.05) is 0 Å². The molecule has 0 radical (unpaired) electrons. The predicted molar refractivity (Wildman–Crippen MR) is 91.5 cm³/mol. The lowest BCUT2D eigenvalue weighted by Gasteiger charge is -2.08. The van der Waals surface area contributed by atoms with Gasteiger partial charge in [0.25, 0.3) is 0 Å². The van der Waals surface area contributed by atoms with Crippen LogP contribution in [0.3, 0.4) is 0 Å². The Hall–Kier alpha value is -2.64. The number of hydrogen-bond acceptors (Lipinski definition) is 11. The van der Waals surface area contributed by atoms with E-state index in [1.54, 1.807) is 7.05 Å². The van der Waals surface area contributed by atoms with Gasteiger partial charge in [-0.2, -0.15) is 0 Å². The summed E-state index contributed by atoms with van der Waals surface area (Å²) < 4.78 is 34.9. The molecule has 0 unspecified atom stereocenters. The highest BCUT2D eigenvalue weighted by molar-refractivity contribution is 8.02. The zero-order valence-corrected chi connectivity index (χ0v) is 14.8. The second kappa shape index (κ2) is 7.31. The smallest absolute Gasteiger partial charge is 0.215 e. The average Bonchev–Trinajstić information content (AvgIpc) is 3.34. The number of hydrogen-bond donors (Lipinski definition) is 1. The third-order valence-electron chi connectivity index (χ3n) is 3.03. The Bertz CT molecular complexity index is 1250. The molecule has 0 bridgehead atoms. The van der Waals surface area contributed by atoms with Crippen LogP contribution in [0.15, 0.2) is 44.5 Å². The molecule has 26 heavy (non-hydrogen) atoms. The molecular formula is C13H12N10OS2. The zero-order chi connectivity index (χ0) is 21.4. The van der Waals surface area contributed by atoms with E-state index in [-0.39, 0.29) is 36.3 Å². The first-order chi connectivity index (χ1) is 14.4. The number of para-hydroxylation sites is 2. The lowest BCUT2D eigenvalue weighted by molar-refractivity contribution is 0.262. The molecule has 0 atom stereocenters. The van der Waals surface area contributed by atoms with Crippen molar-refractivity contribution in [2.75, 3.05) is 6.61 Å². The molecule has 1 aromatic carbocycles. The molecule has 3 aromatic heterocycles. The maximum absolute atomic E-state index is 9.18. The molecule has 0 aliphatic heterocycles. The summed E-state index contributed by atoms with van der Waals surface area (Å²) in [5, 5.41) is 33.1. The van der Waals surface area contributed by atoms with Crippen molar-refractivity contribution in [1.82, 2.24) is 50.4 Å². The highest BCUT2D eigenvalue weighted by atomic mass is 32.2. The quantitative estimate of drug-likeness (QED) is 0.489. The maximum Gasteiger partial charge on any atom is 0.215 e. The van der Waals surface area contributed by atoms with Crippen LogP contribution < -0.4 is 0 Å². The van der Waals surface area contributed by atoms with Crippen molar-refractivity contribution in [3.8, 4) is 0 Å². The van der Waals surface area contributed by atoms with Gasteiger partial charge in [-0.05, 0) is 56.5 Å². The van der Waals surface area contributed by atoms with Crippen molar-refractivity contribution in [2.45, 2.75) is 26.9 Å². The van der Waals surface area contributed by atoms with Crippen LogP contribution in [0.5, 0.6) is 0 Å². The van der Waals surface area contributed by atoms with Crippen LogP contribution in [-0.2, 0) is 13.6 Å². The molecule has 3 heterocycles. The summed E-state index contributed by atoms with van der Waals surface area (Å²) in [5.74, 6) is 0. The average molecular weight is 392 g/mol. The van der Waals surface area contributed by atoms with Gasteiger partial charge in [0.15, 0.2) is 0 Å². The molecule has 0 saturated carbocycles. The molecule has 1 N–H and O–H groups in total. The van der Waals surface area contributed by atoms with Crippen molar-refractivity contribution in [3.63, 3.8) is 0 Å². The van der Waals surface area contributed by atoms with E-state index in [0.29, 0.717) is 20.4 Å². The summed E-state index contributed by atoms with van der Waals surface area (Å²) >= 11 is 2.13. The summed E-state index contributed by atoms with van der Waals surface area (Å²) in [7, 11) is 1.65. The van der Waals surface area contributed by atoms with Gasteiger partial charge in [-0.25, -0.2) is 19.3 Å². The number of nitrogens with zero attached hydrogens (tertiary/aromatic N) is 10. The van der Waals surface area contributed by atoms with Gasteiger partial charge in [-0.1, -0.05) is 12.1 Å². The fourth-order valence-corrected chi connectivity index (χ4v) is 3.57.